The lowest BCUT2D eigenvalue weighted by Gasteiger charge is -2.38. The molecule has 98 valence electrons. The van der Waals surface area contributed by atoms with Crippen LogP contribution in [0.1, 0.15) is 12.8 Å². The third-order valence-electron chi connectivity index (χ3n) is 3.17. The van der Waals surface area contributed by atoms with E-state index in [1.807, 2.05) is 0 Å². The average molecular weight is 243 g/mol. The molecule has 1 rings (SSSR count). The number of carbonyl (C=O) groups is 2. The molecule has 6 heteroatoms. The third-order valence-corrected chi connectivity index (χ3v) is 3.17. The Morgan fingerprint density at radius 1 is 1.41 bits per heavy atom. The van der Waals surface area contributed by atoms with E-state index >= 15 is 0 Å². The van der Waals surface area contributed by atoms with Crippen molar-refractivity contribution in [2.24, 2.45) is 11.1 Å². The van der Waals surface area contributed by atoms with Crippen LogP contribution >= 0.6 is 0 Å². The van der Waals surface area contributed by atoms with Crippen molar-refractivity contribution in [1.29, 1.82) is 0 Å². The molecule has 1 saturated heterocycles. The first-order valence-electron chi connectivity index (χ1n) is 5.75. The standard InChI is InChI=1S/C11H21N3O3/c1-14(7-9(12)15)10(16)11(8-17-2)3-5-13-6-4-11/h13H,3-8H2,1-2H3,(H2,12,15). The van der Waals surface area contributed by atoms with Crippen LogP contribution in [0, 0.1) is 5.41 Å². The molecule has 1 aliphatic heterocycles. The molecule has 1 fully saturated rings. The summed E-state index contributed by atoms with van der Waals surface area (Å²) < 4.78 is 5.17. The third kappa shape index (κ3) is 3.41. The summed E-state index contributed by atoms with van der Waals surface area (Å²) in [5.41, 5.74) is 4.59. The Kier molecular flexibility index (Phi) is 4.89. The van der Waals surface area contributed by atoms with Crippen LogP contribution < -0.4 is 11.1 Å². The lowest BCUT2D eigenvalue weighted by Crippen LogP contribution is -2.52. The number of amides is 2. The van der Waals surface area contributed by atoms with Gasteiger partial charge in [-0.1, -0.05) is 0 Å². The molecule has 0 aromatic rings. The van der Waals surface area contributed by atoms with Crippen LogP contribution in [0.4, 0.5) is 0 Å². The van der Waals surface area contributed by atoms with Crippen LogP contribution in [-0.4, -0.2) is 57.1 Å². The predicted octanol–water partition coefficient (Wildman–Crippen LogP) is -1.05. The number of hydrogen-bond acceptors (Lipinski definition) is 4. The Morgan fingerprint density at radius 2 is 2.00 bits per heavy atom. The average Bonchev–Trinajstić information content (AvgIpc) is 2.28. The summed E-state index contributed by atoms with van der Waals surface area (Å²) in [5, 5.41) is 3.21. The first-order chi connectivity index (χ1) is 8.02. The second-order valence-electron chi connectivity index (χ2n) is 4.59. The van der Waals surface area contributed by atoms with Crippen molar-refractivity contribution < 1.29 is 14.3 Å². The maximum Gasteiger partial charge on any atom is 0.237 e. The monoisotopic (exact) mass is 243 g/mol. The van der Waals surface area contributed by atoms with Crippen molar-refractivity contribution in [3.63, 3.8) is 0 Å². The van der Waals surface area contributed by atoms with Crippen molar-refractivity contribution in [3.05, 3.63) is 0 Å². The number of nitrogens with zero attached hydrogens (tertiary/aromatic N) is 1. The molecule has 0 aromatic heterocycles. The van der Waals surface area contributed by atoms with Gasteiger partial charge in [-0.05, 0) is 25.9 Å². The summed E-state index contributed by atoms with van der Waals surface area (Å²) in [7, 11) is 3.19. The molecule has 1 aliphatic rings. The van der Waals surface area contributed by atoms with Gasteiger partial charge >= 0.3 is 0 Å². The molecule has 0 spiro atoms. The smallest absolute Gasteiger partial charge is 0.237 e. The minimum atomic E-state index is -0.510. The number of primary amides is 1. The van der Waals surface area contributed by atoms with E-state index in [9.17, 15) is 9.59 Å². The number of methoxy groups -OCH3 is 1. The predicted molar refractivity (Wildman–Crippen MR) is 63.2 cm³/mol. The molecule has 0 aromatic carbocycles. The Bertz CT molecular complexity index is 282. The number of nitrogens with one attached hydrogen (secondary N) is 1. The highest BCUT2D eigenvalue weighted by Crippen LogP contribution is 2.31. The van der Waals surface area contributed by atoms with Gasteiger partial charge in [0.2, 0.25) is 11.8 Å². The van der Waals surface area contributed by atoms with Gasteiger partial charge in [0.05, 0.1) is 18.6 Å². The Hall–Kier alpha value is -1.14. The second-order valence-corrected chi connectivity index (χ2v) is 4.59. The summed E-state index contributed by atoms with van der Waals surface area (Å²) in [6.07, 6.45) is 1.45. The van der Waals surface area contributed by atoms with Crippen LogP contribution in [0.5, 0.6) is 0 Å². The summed E-state index contributed by atoms with van der Waals surface area (Å²) in [5.74, 6) is -0.554. The molecular formula is C11H21N3O3. The zero-order valence-electron chi connectivity index (χ0n) is 10.5. The van der Waals surface area contributed by atoms with E-state index in [0.29, 0.717) is 6.61 Å². The van der Waals surface area contributed by atoms with E-state index in [2.05, 4.69) is 5.32 Å². The molecule has 6 nitrogen and oxygen atoms in total. The summed E-state index contributed by atoms with van der Waals surface area (Å²) in [6, 6.07) is 0. The fourth-order valence-electron chi connectivity index (χ4n) is 2.31. The maximum atomic E-state index is 12.4. The second kappa shape index (κ2) is 5.97. The molecule has 0 saturated carbocycles. The van der Waals surface area contributed by atoms with Gasteiger partial charge in [-0.2, -0.15) is 0 Å². The van der Waals surface area contributed by atoms with E-state index in [1.54, 1.807) is 14.2 Å². The first-order valence-corrected chi connectivity index (χ1v) is 5.75. The molecule has 0 bridgehead atoms. The molecule has 17 heavy (non-hydrogen) atoms. The van der Waals surface area contributed by atoms with Gasteiger partial charge in [0, 0.05) is 14.2 Å². The van der Waals surface area contributed by atoms with E-state index in [4.69, 9.17) is 10.5 Å². The van der Waals surface area contributed by atoms with Crippen molar-refractivity contribution >= 4 is 11.8 Å². The highest BCUT2D eigenvalue weighted by atomic mass is 16.5. The van der Waals surface area contributed by atoms with Crippen molar-refractivity contribution in [2.75, 3.05) is 40.4 Å². The summed E-state index contributed by atoms with van der Waals surface area (Å²) in [6.45, 7) is 1.92. The van der Waals surface area contributed by atoms with Gasteiger partial charge in [0.1, 0.15) is 0 Å². The number of nitrogens with two attached hydrogens (primary N) is 1. The lowest BCUT2D eigenvalue weighted by atomic mass is 9.78. The minimum absolute atomic E-state index is 0.0439. The minimum Gasteiger partial charge on any atom is -0.384 e. The van der Waals surface area contributed by atoms with Crippen LogP contribution in [-0.2, 0) is 14.3 Å². The Labute approximate surface area is 101 Å². The van der Waals surface area contributed by atoms with Crippen LogP contribution in [0.2, 0.25) is 0 Å². The largest absolute Gasteiger partial charge is 0.384 e. The van der Waals surface area contributed by atoms with Crippen LogP contribution in [0.25, 0.3) is 0 Å². The number of likely N-dealkylation sites (N-methyl/N-ethyl adjacent to an activating group) is 1. The Morgan fingerprint density at radius 3 is 2.47 bits per heavy atom. The topological polar surface area (TPSA) is 84.7 Å². The van der Waals surface area contributed by atoms with Gasteiger partial charge in [0.25, 0.3) is 0 Å². The molecule has 3 N–H and O–H groups in total. The molecule has 2 amide bonds. The van der Waals surface area contributed by atoms with Crippen molar-refractivity contribution in [3.8, 4) is 0 Å². The number of piperidine rings is 1. The number of hydrogen-bond donors (Lipinski definition) is 2. The van der Waals surface area contributed by atoms with Gasteiger partial charge in [0.15, 0.2) is 0 Å². The fraction of sp³-hybridized carbons (Fsp3) is 0.818. The van der Waals surface area contributed by atoms with E-state index in [1.165, 1.54) is 4.90 Å². The summed E-state index contributed by atoms with van der Waals surface area (Å²) in [4.78, 5) is 24.6. The molecule has 0 unspecified atom stereocenters. The van der Waals surface area contributed by atoms with Gasteiger partial charge in [-0.15, -0.1) is 0 Å². The highest BCUT2D eigenvalue weighted by Gasteiger charge is 2.41. The quantitative estimate of drug-likeness (QED) is 0.645. The lowest BCUT2D eigenvalue weighted by molar-refractivity contribution is -0.148. The highest BCUT2D eigenvalue weighted by molar-refractivity contribution is 5.87. The molecule has 1 heterocycles. The summed E-state index contributed by atoms with van der Waals surface area (Å²) >= 11 is 0. The molecule has 0 aliphatic carbocycles. The first kappa shape index (κ1) is 13.9. The van der Waals surface area contributed by atoms with Crippen molar-refractivity contribution in [2.45, 2.75) is 12.8 Å². The van der Waals surface area contributed by atoms with E-state index in [0.717, 1.165) is 25.9 Å². The zero-order valence-corrected chi connectivity index (χ0v) is 10.5. The zero-order chi connectivity index (χ0) is 12.9. The van der Waals surface area contributed by atoms with Crippen molar-refractivity contribution in [1.82, 2.24) is 10.2 Å². The molecule has 0 atom stereocenters. The number of rotatable bonds is 5. The number of carbonyl (C=O) groups excluding carboxylic acids is 2. The van der Waals surface area contributed by atoms with Gasteiger partial charge < -0.3 is 20.7 Å². The molecular weight excluding hydrogens is 222 g/mol. The maximum absolute atomic E-state index is 12.4. The van der Waals surface area contributed by atoms with E-state index < -0.39 is 11.3 Å². The van der Waals surface area contributed by atoms with Gasteiger partial charge in [-0.3, -0.25) is 9.59 Å². The SMILES string of the molecule is COCC1(C(=O)N(C)CC(N)=O)CCNCC1. The molecule has 0 radical (unpaired) electrons. The Balaban J connectivity index is 2.75. The fourth-order valence-corrected chi connectivity index (χ4v) is 2.31. The normalized spacial score (nSPS) is 18.7. The van der Waals surface area contributed by atoms with Crippen LogP contribution in [0.15, 0.2) is 0 Å². The van der Waals surface area contributed by atoms with Crippen LogP contribution in [0.3, 0.4) is 0 Å². The van der Waals surface area contributed by atoms with E-state index in [-0.39, 0.29) is 12.5 Å². The number of ether oxygens (including phenoxy) is 1. The van der Waals surface area contributed by atoms with Gasteiger partial charge in [-0.25, -0.2) is 0 Å².